The Labute approximate surface area is 77.7 Å². The van der Waals surface area contributed by atoms with Crippen LogP contribution in [0.15, 0.2) is 37.0 Å². The van der Waals surface area contributed by atoms with Crippen molar-refractivity contribution in [3.8, 4) is 0 Å². The third-order valence-electron chi connectivity index (χ3n) is 0.830. The maximum absolute atomic E-state index is 5.28. The lowest BCUT2D eigenvalue weighted by molar-refractivity contribution is 1.19. The van der Waals surface area contributed by atoms with E-state index in [4.69, 9.17) is 5.73 Å². The van der Waals surface area contributed by atoms with Crippen LogP contribution >= 0.6 is 0 Å². The lowest BCUT2D eigenvalue weighted by atomic mass is 10.2. The second-order valence-electron chi connectivity index (χ2n) is 1.39. The minimum atomic E-state index is 0.537. The molecule has 0 amide bonds. The second kappa shape index (κ2) is 22.5. The quantitative estimate of drug-likeness (QED) is 0.644. The molecule has 0 saturated heterocycles. The molecule has 0 saturated carbocycles. The van der Waals surface area contributed by atoms with Crippen LogP contribution in [0.25, 0.3) is 0 Å². The van der Waals surface area contributed by atoms with Gasteiger partial charge in [-0.2, -0.15) is 0 Å². The first-order valence-corrected chi connectivity index (χ1v) is 4.49. The van der Waals surface area contributed by atoms with Crippen LogP contribution in [-0.4, -0.2) is 6.54 Å². The average Bonchev–Trinajstić information content (AvgIpc) is 2.20. The van der Waals surface area contributed by atoms with Crippen LogP contribution in [0, 0.1) is 0 Å². The molecule has 0 aliphatic carbocycles. The summed E-state index contributed by atoms with van der Waals surface area (Å²) in [6.45, 7) is 15.6. The minimum Gasteiger partial charge on any atom is -0.326 e. The van der Waals surface area contributed by atoms with Gasteiger partial charge in [0.2, 0.25) is 0 Å². The van der Waals surface area contributed by atoms with Gasteiger partial charge in [0.15, 0.2) is 0 Å². The molecule has 0 fully saturated rings. The predicted octanol–water partition coefficient (Wildman–Crippen LogP) is 3.30. The predicted molar refractivity (Wildman–Crippen MR) is 60.2 cm³/mol. The molecule has 0 aliphatic rings. The summed E-state index contributed by atoms with van der Waals surface area (Å²) in [5.41, 5.74) is 6.30. The molecule has 0 radical (unpaired) electrons. The lowest BCUT2D eigenvalue weighted by Crippen LogP contribution is -1.99. The molecule has 2 N–H and O–H groups in total. The van der Waals surface area contributed by atoms with Gasteiger partial charge in [-0.25, -0.2) is 0 Å². The SMILES string of the molecule is C=C/C=C(\C=C)CN.CC.CC. The maximum atomic E-state index is 5.28. The monoisotopic (exact) mass is 169 g/mol. The van der Waals surface area contributed by atoms with E-state index >= 15 is 0 Å². The largest absolute Gasteiger partial charge is 0.326 e. The Morgan fingerprint density at radius 2 is 1.58 bits per heavy atom. The number of nitrogens with two attached hydrogens (primary N) is 1. The van der Waals surface area contributed by atoms with Crippen molar-refractivity contribution in [2.45, 2.75) is 27.7 Å². The van der Waals surface area contributed by atoms with E-state index in [-0.39, 0.29) is 0 Å². The van der Waals surface area contributed by atoms with Crippen LogP contribution in [0.5, 0.6) is 0 Å². The molecular weight excluding hydrogens is 146 g/mol. The molecule has 0 aromatic carbocycles. The maximum Gasteiger partial charge on any atom is 0.0177 e. The number of hydrogen-bond donors (Lipinski definition) is 1. The van der Waals surface area contributed by atoms with Crippen LogP contribution in [0.4, 0.5) is 0 Å². The van der Waals surface area contributed by atoms with Gasteiger partial charge in [-0.15, -0.1) is 0 Å². The number of allylic oxidation sites excluding steroid dienone is 2. The summed E-state index contributed by atoms with van der Waals surface area (Å²) >= 11 is 0. The second-order valence-corrected chi connectivity index (χ2v) is 1.39. The summed E-state index contributed by atoms with van der Waals surface area (Å²) in [5.74, 6) is 0. The van der Waals surface area contributed by atoms with Crippen molar-refractivity contribution in [1.82, 2.24) is 0 Å². The summed E-state index contributed by atoms with van der Waals surface area (Å²) in [6.07, 6.45) is 5.26. The Morgan fingerprint density at radius 1 is 1.17 bits per heavy atom. The summed E-state index contributed by atoms with van der Waals surface area (Å²) in [4.78, 5) is 0. The van der Waals surface area contributed by atoms with Crippen molar-refractivity contribution in [1.29, 1.82) is 0 Å². The average molecular weight is 169 g/mol. The van der Waals surface area contributed by atoms with E-state index in [0.29, 0.717) is 6.54 Å². The first-order valence-electron chi connectivity index (χ1n) is 4.49. The fraction of sp³-hybridized carbons (Fsp3) is 0.455. The van der Waals surface area contributed by atoms with E-state index in [0.717, 1.165) is 5.57 Å². The zero-order valence-electron chi connectivity index (χ0n) is 8.93. The van der Waals surface area contributed by atoms with E-state index in [1.807, 2.05) is 33.8 Å². The smallest absolute Gasteiger partial charge is 0.0177 e. The third kappa shape index (κ3) is 16.1. The molecule has 0 unspecified atom stereocenters. The van der Waals surface area contributed by atoms with Gasteiger partial charge in [-0.05, 0) is 5.57 Å². The first-order chi connectivity index (χ1) is 5.85. The van der Waals surface area contributed by atoms with Crippen molar-refractivity contribution in [3.63, 3.8) is 0 Å². The number of rotatable bonds is 3. The van der Waals surface area contributed by atoms with Crippen molar-refractivity contribution in [2.75, 3.05) is 6.54 Å². The molecule has 0 atom stereocenters. The Hall–Kier alpha value is -0.820. The summed E-state index contributed by atoms with van der Waals surface area (Å²) in [6, 6.07) is 0. The summed E-state index contributed by atoms with van der Waals surface area (Å²) < 4.78 is 0. The normalized spacial score (nSPS) is 8.25. The van der Waals surface area contributed by atoms with Gasteiger partial charge < -0.3 is 5.73 Å². The molecule has 0 heterocycles. The zero-order chi connectivity index (χ0) is 10.4. The van der Waals surface area contributed by atoms with Crippen LogP contribution in [0.3, 0.4) is 0 Å². The fourth-order valence-corrected chi connectivity index (χ4v) is 0.371. The highest BCUT2D eigenvalue weighted by molar-refractivity contribution is 5.21. The molecule has 0 aromatic heterocycles. The van der Waals surface area contributed by atoms with Crippen LogP contribution in [-0.2, 0) is 0 Å². The van der Waals surface area contributed by atoms with Gasteiger partial charge in [0.25, 0.3) is 0 Å². The van der Waals surface area contributed by atoms with Gasteiger partial charge >= 0.3 is 0 Å². The van der Waals surface area contributed by atoms with Crippen molar-refractivity contribution < 1.29 is 0 Å². The zero-order valence-corrected chi connectivity index (χ0v) is 8.93. The molecular formula is C11H23N. The summed E-state index contributed by atoms with van der Waals surface area (Å²) in [7, 11) is 0. The van der Waals surface area contributed by atoms with Crippen molar-refractivity contribution >= 4 is 0 Å². The number of hydrogen-bond acceptors (Lipinski definition) is 1. The van der Waals surface area contributed by atoms with Gasteiger partial charge in [0, 0.05) is 6.54 Å². The highest BCUT2D eigenvalue weighted by Gasteiger charge is 1.79. The van der Waals surface area contributed by atoms with E-state index in [1.165, 1.54) is 0 Å². The van der Waals surface area contributed by atoms with Crippen LogP contribution in [0.1, 0.15) is 27.7 Å². The van der Waals surface area contributed by atoms with Crippen molar-refractivity contribution in [2.24, 2.45) is 5.73 Å². The molecule has 0 spiro atoms. The molecule has 12 heavy (non-hydrogen) atoms. The molecule has 72 valence electrons. The van der Waals surface area contributed by atoms with E-state index < -0.39 is 0 Å². The first kappa shape index (κ1) is 17.3. The van der Waals surface area contributed by atoms with E-state index in [9.17, 15) is 0 Å². The molecule has 0 aromatic rings. The molecule has 0 rings (SSSR count). The molecule has 1 nitrogen and oxygen atoms in total. The highest BCUT2D eigenvalue weighted by atomic mass is 14.5. The Kier molecular flexibility index (Phi) is 32.4. The van der Waals surface area contributed by atoms with Crippen molar-refractivity contribution in [3.05, 3.63) is 37.0 Å². The minimum absolute atomic E-state index is 0.537. The molecule has 0 aliphatic heterocycles. The van der Waals surface area contributed by atoms with Gasteiger partial charge in [-0.3, -0.25) is 0 Å². The standard InChI is InChI=1S/C7H11N.2C2H6/c1-3-5-7(4-2)6-8;2*1-2/h3-5H,1-2,6,8H2;2*1-2H3/b7-5+;;. The third-order valence-corrected chi connectivity index (χ3v) is 0.830. The Balaban J connectivity index is -0.000000175. The van der Waals surface area contributed by atoms with Gasteiger partial charge in [0.1, 0.15) is 0 Å². The van der Waals surface area contributed by atoms with Gasteiger partial charge in [0.05, 0.1) is 0 Å². The summed E-state index contributed by atoms with van der Waals surface area (Å²) in [5, 5.41) is 0. The Morgan fingerprint density at radius 3 is 1.67 bits per heavy atom. The Bertz CT molecular complexity index is 112. The lowest BCUT2D eigenvalue weighted by Gasteiger charge is -1.89. The van der Waals surface area contributed by atoms with Gasteiger partial charge in [-0.1, -0.05) is 59.1 Å². The molecule has 0 bridgehead atoms. The topological polar surface area (TPSA) is 26.0 Å². The van der Waals surface area contributed by atoms with E-state index in [1.54, 1.807) is 12.2 Å². The van der Waals surface area contributed by atoms with Crippen LogP contribution < -0.4 is 5.73 Å². The molecule has 1 heteroatoms. The highest BCUT2D eigenvalue weighted by Crippen LogP contribution is 1.90. The van der Waals surface area contributed by atoms with Crippen LogP contribution in [0.2, 0.25) is 0 Å². The van der Waals surface area contributed by atoms with E-state index in [2.05, 4.69) is 13.2 Å². The fourth-order valence-electron chi connectivity index (χ4n) is 0.371.